The Kier molecular flexibility index (Phi) is 10.4. The second kappa shape index (κ2) is 13.5. The average Bonchev–Trinajstić information content (AvgIpc) is 3.41. The minimum absolute atomic E-state index is 0.256. The largest absolute Gasteiger partial charge is 0.339 e. The first-order chi connectivity index (χ1) is 20.1. The number of aromatic nitrogens is 1. The number of nitrogens with one attached hydrogen (secondary N) is 2. The Morgan fingerprint density at radius 1 is 0.977 bits per heavy atom. The molecular formula is C25H25Cl2N4O8S4+. The van der Waals surface area contributed by atoms with E-state index in [1.54, 1.807) is 45.9 Å². The number of thiazole rings is 1. The van der Waals surface area contributed by atoms with Crippen LogP contribution in [0.25, 0.3) is 16.3 Å². The lowest BCUT2D eigenvalue weighted by atomic mass is 10.2. The predicted molar refractivity (Wildman–Crippen MR) is 167 cm³/mol. The molecule has 18 heteroatoms. The van der Waals surface area contributed by atoms with E-state index in [2.05, 4.69) is 10.6 Å². The van der Waals surface area contributed by atoms with E-state index in [-0.39, 0.29) is 13.1 Å². The van der Waals surface area contributed by atoms with Crippen LogP contribution in [0.3, 0.4) is 0 Å². The van der Waals surface area contributed by atoms with E-state index < -0.39 is 43.8 Å². The molecule has 43 heavy (non-hydrogen) atoms. The molecule has 3 aromatic rings. The SMILES string of the molecule is CCC(=C/c1sc2ccc(Cl)cc2[n+]1CC(=O)NCS(=O)(=O)O)/C=C1/Sc2ccc(Cl)cc2N1CC(=O)NCS(=O)(=O)O. The number of amides is 2. The number of carbonyl (C=O) groups excluding carboxylic acids is 2. The maximum Gasteiger partial charge on any atom is 0.286 e. The van der Waals surface area contributed by atoms with Crippen LogP contribution in [0.1, 0.15) is 18.4 Å². The molecule has 1 aliphatic heterocycles. The Morgan fingerprint density at radius 3 is 2.26 bits per heavy atom. The third-order valence-corrected chi connectivity index (χ3v) is 9.63. The number of carbonyl (C=O) groups is 2. The van der Waals surface area contributed by atoms with Gasteiger partial charge in [0.1, 0.15) is 23.0 Å². The van der Waals surface area contributed by atoms with E-state index in [1.807, 2.05) is 19.1 Å². The Bertz CT molecular complexity index is 1870. The van der Waals surface area contributed by atoms with Crippen molar-refractivity contribution < 1.29 is 40.1 Å². The van der Waals surface area contributed by atoms with Crippen molar-refractivity contribution in [2.24, 2.45) is 0 Å². The molecule has 1 aliphatic rings. The van der Waals surface area contributed by atoms with Gasteiger partial charge in [0.15, 0.2) is 0 Å². The van der Waals surface area contributed by atoms with Crippen molar-refractivity contribution in [2.45, 2.75) is 24.8 Å². The molecule has 4 N–H and O–H groups in total. The molecule has 0 spiro atoms. The number of thioether (sulfide) groups is 1. The van der Waals surface area contributed by atoms with Gasteiger partial charge in [-0.15, -0.1) is 0 Å². The maximum absolute atomic E-state index is 12.6. The van der Waals surface area contributed by atoms with Crippen molar-refractivity contribution >= 4 is 100 Å². The highest BCUT2D eigenvalue weighted by Gasteiger charge is 2.28. The summed E-state index contributed by atoms with van der Waals surface area (Å²) in [5, 5.41) is 6.53. The highest BCUT2D eigenvalue weighted by Crippen LogP contribution is 2.47. The number of hydrogen-bond acceptors (Lipinski definition) is 9. The molecule has 0 saturated carbocycles. The third-order valence-electron chi connectivity index (χ3n) is 5.92. The summed E-state index contributed by atoms with van der Waals surface area (Å²) >= 11 is 15.2. The molecule has 2 heterocycles. The zero-order chi connectivity index (χ0) is 31.5. The minimum Gasteiger partial charge on any atom is -0.339 e. The Morgan fingerprint density at radius 2 is 1.60 bits per heavy atom. The van der Waals surface area contributed by atoms with Crippen molar-refractivity contribution in [3.63, 3.8) is 0 Å². The highest BCUT2D eigenvalue weighted by molar-refractivity contribution is 8.03. The standard InChI is InChI=1S/C25H24Cl2N4O8S4/c1-2-15(7-24-30(11-22(32)28-13-42(34,35)36)18-9-16(26)3-5-20(18)40-24)8-25-31(12-23(33)29-14-43(37,38)39)19-10-17(27)4-6-21(19)41-25/h3-10H,2,11-14H2,1H3,(H3-,28,29,32,33,34,35,36,37,38,39)/p+1. The van der Waals surface area contributed by atoms with E-state index in [0.29, 0.717) is 37.7 Å². The molecule has 230 valence electrons. The molecule has 2 amide bonds. The van der Waals surface area contributed by atoms with Crippen molar-refractivity contribution in [2.75, 3.05) is 23.2 Å². The fourth-order valence-electron chi connectivity index (χ4n) is 3.99. The predicted octanol–water partition coefficient (Wildman–Crippen LogP) is 3.67. The van der Waals surface area contributed by atoms with Crippen LogP contribution in [0.15, 0.2) is 58.0 Å². The van der Waals surface area contributed by atoms with Crippen LogP contribution in [-0.4, -0.2) is 56.1 Å². The monoisotopic (exact) mass is 707 g/mol. The van der Waals surface area contributed by atoms with Gasteiger partial charge in [0.2, 0.25) is 18.0 Å². The van der Waals surface area contributed by atoms with Gasteiger partial charge in [-0.3, -0.25) is 18.7 Å². The molecule has 2 aromatic carbocycles. The smallest absolute Gasteiger partial charge is 0.286 e. The number of benzene rings is 2. The zero-order valence-corrected chi connectivity index (χ0v) is 27.1. The Labute approximate surface area is 265 Å². The van der Waals surface area contributed by atoms with Gasteiger partial charge < -0.3 is 15.5 Å². The zero-order valence-electron chi connectivity index (χ0n) is 22.3. The number of halogens is 2. The molecule has 1 aromatic heterocycles. The lowest BCUT2D eigenvalue weighted by Crippen LogP contribution is -2.45. The average molecular weight is 709 g/mol. The molecule has 0 fully saturated rings. The van der Waals surface area contributed by atoms with Crippen LogP contribution in [0.5, 0.6) is 0 Å². The van der Waals surface area contributed by atoms with Gasteiger partial charge in [0, 0.05) is 27.1 Å². The van der Waals surface area contributed by atoms with Crippen molar-refractivity contribution in [1.82, 2.24) is 10.6 Å². The summed E-state index contributed by atoms with van der Waals surface area (Å²) < 4.78 is 65.0. The van der Waals surface area contributed by atoms with Gasteiger partial charge in [0.25, 0.3) is 31.2 Å². The molecule has 0 aliphatic carbocycles. The van der Waals surface area contributed by atoms with Crippen LogP contribution in [-0.2, 0) is 36.4 Å². The Balaban J connectivity index is 1.71. The quantitative estimate of drug-likeness (QED) is 0.170. The summed E-state index contributed by atoms with van der Waals surface area (Å²) in [6, 6.07) is 10.4. The van der Waals surface area contributed by atoms with E-state index in [1.165, 1.54) is 23.1 Å². The maximum atomic E-state index is 12.6. The number of nitrogens with zero attached hydrogens (tertiary/aromatic N) is 2. The van der Waals surface area contributed by atoms with Gasteiger partial charge in [-0.2, -0.15) is 21.4 Å². The lowest BCUT2D eigenvalue weighted by Gasteiger charge is -2.20. The Hall–Kier alpha value is -2.70. The summed E-state index contributed by atoms with van der Waals surface area (Å²) in [6.07, 6.45) is 4.25. The van der Waals surface area contributed by atoms with Gasteiger partial charge in [-0.25, -0.2) is 0 Å². The third kappa shape index (κ3) is 9.15. The topological polar surface area (TPSA) is 174 Å². The number of allylic oxidation sites excluding steroid dienone is 2. The van der Waals surface area contributed by atoms with E-state index in [0.717, 1.165) is 15.2 Å². The van der Waals surface area contributed by atoms with Crippen molar-refractivity contribution in [3.05, 3.63) is 68.1 Å². The summed E-state index contributed by atoms with van der Waals surface area (Å²) in [5.41, 5.74) is 2.08. The first kappa shape index (κ1) is 33.2. The number of hydrogen-bond donors (Lipinski definition) is 4. The summed E-state index contributed by atoms with van der Waals surface area (Å²) in [7, 11) is -8.82. The van der Waals surface area contributed by atoms with Gasteiger partial charge in [-0.1, -0.05) is 53.2 Å². The molecule has 0 unspecified atom stereocenters. The molecule has 12 nitrogen and oxygen atoms in total. The summed E-state index contributed by atoms with van der Waals surface area (Å²) in [5.74, 6) is -3.15. The van der Waals surface area contributed by atoms with Crippen molar-refractivity contribution in [1.29, 1.82) is 0 Å². The van der Waals surface area contributed by atoms with Crippen LogP contribution in [0, 0.1) is 0 Å². The molecule has 0 radical (unpaired) electrons. The number of anilines is 1. The van der Waals surface area contributed by atoms with Gasteiger partial charge in [0.05, 0.1) is 10.7 Å². The van der Waals surface area contributed by atoms with Gasteiger partial charge >= 0.3 is 0 Å². The van der Waals surface area contributed by atoms with Crippen LogP contribution >= 0.6 is 46.3 Å². The van der Waals surface area contributed by atoms with Crippen molar-refractivity contribution in [3.8, 4) is 0 Å². The fourth-order valence-corrected chi connectivity index (χ4v) is 7.25. The summed E-state index contributed by atoms with van der Waals surface area (Å²) in [6.45, 7) is 1.41. The molecule has 0 bridgehead atoms. The van der Waals surface area contributed by atoms with E-state index >= 15 is 0 Å². The van der Waals surface area contributed by atoms with E-state index in [9.17, 15) is 26.4 Å². The first-order valence-electron chi connectivity index (χ1n) is 12.3. The molecule has 0 saturated heterocycles. The minimum atomic E-state index is -4.41. The van der Waals surface area contributed by atoms with E-state index in [4.69, 9.17) is 32.3 Å². The van der Waals surface area contributed by atoms with Gasteiger partial charge in [-0.05, 0) is 48.4 Å². The number of rotatable bonds is 11. The molecular weight excluding hydrogens is 683 g/mol. The second-order valence-electron chi connectivity index (χ2n) is 9.15. The molecule has 0 atom stereocenters. The lowest BCUT2D eigenvalue weighted by molar-refractivity contribution is -0.655. The summed E-state index contributed by atoms with van der Waals surface area (Å²) in [4.78, 5) is 27.7. The van der Waals surface area contributed by atoms with Crippen LogP contribution < -0.4 is 20.1 Å². The normalized spacial score (nSPS) is 14.8. The molecule has 4 rings (SSSR count). The van der Waals surface area contributed by atoms with Crippen LogP contribution in [0.4, 0.5) is 5.69 Å². The van der Waals surface area contributed by atoms with Crippen LogP contribution in [0.2, 0.25) is 10.0 Å². The second-order valence-corrected chi connectivity index (χ2v) is 15.0. The fraction of sp³-hybridized carbons (Fsp3) is 0.240. The number of fused-ring (bicyclic) bond motifs is 2. The first-order valence-corrected chi connectivity index (χ1v) is 18.0. The highest BCUT2D eigenvalue weighted by atomic mass is 35.5.